The van der Waals surface area contributed by atoms with Crippen LogP contribution < -0.4 is 5.48 Å². The van der Waals surface area contributed by atoms with Gasteiger partial charge in [0.05, 0.1) is 0 Å². The third-order valence-electron chi connectivity index (χ3n) is 5.41. The van der Waals surface area contributed by atoms with Crippen molar-refractivity contribution in [1.29, 1.82) is 0 Å². The smallest absolute Gasteiger partial charge is 0.268 e. The fraction of sp³-hybridized carbons (Fsp3) is 0.160. The highest BCUT2D eigenvalue weighted by Crippen LogP contribution is 2.29. The molecule has 0 bridgehead atoms. The SMILES string of the molecule is CN(C)C(=O)c1ccc(-c2cccc3cn(C(Cc4ccccc4)C(=O)NO)nc23)cc1. The summed E-state index contributed by atoms with van der Waals surface area (Å²) in [5, 5.41) is 14.9. The van der Waals surface area contributed by atoms with Crippen molar-refractivity contribution in [2.24, 2.45) is 0 Å². The Morgan fingerprint density at radius 3 is 2.38 bits per heavy atom. The molecule has 0 saturated carbocycles. The van der Waals surface area contributed by atoms with Crippen LogP contribution in [0.5, 0.6) is 0 Å². The number of carbonyl (C=O) groups excluding carboxylic acids is 2. The predicted octanol–water partition coefficient (Wildman–Crippen LogP) is 3.69. The average molecular weight is 428 g/mol. The first-order valence-corrected chi connectivity index (χ1v) is 10.3. The number of nitrogens with one attached hydrogen (secondary N) is 1. The summed E-state index contributed by atoms with van der Waals surface area (Å²) in [6, 6.07) is 22.1. The van der Waals surface area contributed by atoms with Crippen molar-refractivity contribution < 1.29 is 14.8 Å². The van der Waals surface area contributed by atoms with Gasteiger partial charge in [0.2, 0.25) is 0 Å². The highest BCUT2D eigenvalue weighted by Gasteiger charge is 2.23. The van der Waals surface area contributed by atoms with E-state index in [0.717, 1.165) is 27.6 Å². The molecular weight excluding hydrogens is 404 g/mol. The van der Waals surface area contributed by atoms with Gasteiger partial charge in [-0.3, -0.25) is 19.5 Å². The monoisotopic (exact) mass is 428 g/mol. The molecule has 1 aromatic heterocycles. The van der Waals surface area contributed by atoms with E-state index < -0.39 is 11.9 Å². The van der Waals surface area contributed by atoms with Gasteiger partial charge in [-0.15, -0.1) is 0 Å². The van der Waals surface area contributed by atoms with Crippen molar-refractivity contribution in [2.75, 3.05) is 14.1 Å². The summed E-state index contributed by atoms with van der Waals surface area (Å²) in [7, 11) is 3.44. The van der Waals surface area contributed by atoms with E-state index in [9.17, 15) is 14.8 Å². The Morgan fingerprint density at radius 1 is 1.00 bits per heavy atom. The summed E-state index contributed by atoms with van der Waals surface area (Å²) in [5.41, 5.74) is 5.89. The normalized spacial score (nSPS) is 11.8. The number of carbonyl (C=O) groups is 2. The van der Waals surface area contributed by atoms with Crippen molar-refractivity contribution in [3.8, 4) is 11.1 Å². The summed E-state index contributed by atoms with van der Waals surface area (Å²) < 4.78 is 1.59. The molecular formula is C25H24N4O3. The average Bonchev–Trinajstić information content (AvgIpc) is 3.26. The van der Waals surface area contributed by atoms with Gasteiger partial charge in [0.15, 0.2) is 0 Å². The summed E-state index contributed by atoms with van der Waals surface area (Å²) in [5.74, 6) is -0.590. The van der Waals surface area contributed by atoms with Crippen LogP contribution in [-0.2, 0) is 11.2 Å². The number of amides is 2. The Bertz CT molecular complexity index is 1250. The fourth-order valence-electron chi connectivity index (χ4n) is 3.73. The van der Waals surface area contributed by atoms with Crippen molar-refractivity contribution in [3.05, 3.63) is 90.1 Å². The fourth-order valence-corrected chi connectivity index (χ4v) is 3.73. The lowest BCUT2D eigenvalue weighted by atomic mass is 10.0. The minimum absolute atomic E-state index is 0.0576. The molecule has 1 heterocycles. The Kier molecular flexibility index (Phi) is 6.00. The number of benzene rings is 3. The topological polar surface area (TPSA) is 87.5 Å². The largest absolute Gasteiger partial charge is 0.345 e. The summed E-state index contributed by atoms with van der Waals surface area (Å²) in [6.07, 6.45) is 2.20. The van der Waals surface area contributed by atoms with Crippen LogP contribution in [0.1, 0.15) is 22.0 Å². The molecule has 1 atom stereocenters. The maximum absolute atomic E-state index is 12.4. The predicted molar refractivity (Wildman–Crippen MR) is 122 cm³/mol. The van der Waals surface area contributed by atoms with E-state index in [4.69, 9.17) is 5.10 Å². The maximum atomic E-state index is 12.4. The number of fused-ring (bicyclic) bond motifs is 1. The van der Waals surface area contributed by atoms with E-state index in [0.29, 0.717) is 12.0 Å². The van der Waals surface area contributed by atoms with Gasteiger partial charge in [0.1, 0.15) is 11.6 Å². The van der Waals surface area contributed by atoms with Crippen LogP contribution >= 0.6 is 0 Å². The van der Waals surface area contributed by atoms with Gasteiger partial charge in [-0.25, -0.2) is 5.48 Å². The Balaban J connectivity index is 1.72. The van der Waals surface area contributed by atoms with Crippen molar-refractivity contribution >= 4 is 22.7 Å². The molecule has 0 spiro atoms. The maximum Gasteiger partial charge on any atom is 0.268 e. The zero-order chi connectivity index (χ0) is 22.7. The highest BCUT2D eigenvalue weighted by molar-refractivity contribution is 5.96. The molecule has 7 nitrogen and oxygen atoms in total. The van der Waals surface area contributed by atoms with E-state index in [2.05, 4.69) is 0 Å². The molecule has 3 aromatic carbocycles. The summed E-state index contributed by atoms with van der Waals surface area (Å²) in [4.78, 5) is 26.2. The van der Waals surface area contributed by atoms with Crippen LogP contribution in [0.15, 0.2) is 79.0 Å². The Morgan fingerprint density at radius 2 is 1.72 bits per heavy atom. The van der Waals surface area contributed by atoms with E-state index in [1.807, 2.05) is 66.9 Å². The van der Waals surface area contributed by atoms with E-state index >= 15 is 0 Å². The molecule has 2 N–H and O–H groups in total. The van der Waals surface area contributed by atoms with E-state index in [1.54, 1.807) is 36.4 Å². The van der Waals surface area contributed by atoms with Gasteiger partial charge >= 0.3 is 0 Å². The van der Waals surface area contributed by atoms with Crippen LogP contribution in [0.3, 0.4) is 0 Å². The molecule has 0 aliphatic rings. The minimum Gasteiger partial charge on any atom is -0.345 e. The molecule has 7 heteroatoms. The number of hydrogen-bond donors (Lipinski definition) is 2. The number of nitrogens with zero attached hydrogens (tertiary/aromatic N) is 3. The highest BCUT2D eigenvalue weighted by atomic mass is 16.5. The zero-order valence-corrected chi connectivity index (χ0v) is 17.9. The second kappa shape index (κ2) is 9.03. The van der Waals surface area contributed by atoms with Crippen LogP contribution in [0.2, 0.25) is 0 Å². The van der Waals surface area contributed by atoms with Gasteiger partial charge in [-0.05, 0) is 23.3 Å². The van der Waals surface area contributed by atoms with Crippen molar-refractivity contribution in [3.63, 3.8) is 0 Å². The lowest BCUT2D eigenvalue weighted by Crippen LogP contribution is -2.32. The van der Waals surface area contributed by atoms with Crippen LogP contribution in [0.25, 0.3) is 22.0 Å². The molecule has 1 unspecified atom stereocenters. The first-order chi connectivity index (χ1) is 15.5. The van der Waals surface area contributed by atoms with Gasteiger partial charge in [0, 0.05) is 43.2 Å². The Hall–Kier alpha value is -3.97. The van der Waals surface area contributed by atoms with Crippen LogP contribution in [0.4, 0.5) is 0 Å². The van der Waals surface area contributed by atoms with E-state index in [-0.39, 0.29) is 5.91 Å². The van der Waals surface area contributed by atoms with Gasteiger partial charge in [-0.2, -0.15) is 5.10 Å². The molecule has 0 aliphatic carbocycles. The van der Waals surface area contributed by atoms with Crippen LogP contribution in [0, 0.1) is 0 Å². The van der Waals surface area contributed by atoms with Gasteiger partial charge in [-0.1, -0.05) is 60.7 Å². The van der Waals surface area contributed by atoms with Crippen LogP contribution in [-0.4, -0.2) is 45.8 Å². The third-order valence-corrected chi connectivity index (χ3v) is 5.41. The molecule has 162 valence electrons. The minimum atomic E-state index is -0.706. The number of rotatable bonds is 6. The van der Waals surface area contributed by atoms with Crippen molar-refractivity contribution in [2.45, 2.75) is 12.5 Å². The molecule has 32 heavy (non-hydrogen) atoms. The number of hydrogen-bond acceptors (Lipinski definition) is 4. The molecule has 0 radical (unpaired) electrons. The molecule has 2 amide bonds. The molecule has 0 saturated heterocycles. The zero-order valence-electron chi connectivity index (χ0n) is 17.9. The summed E-state index contributed by atoms with van der Waals surface area (Å²) >= 11 is 0. The van der Waals surface area contributed by atoms with Crippen molar-refractivity contribution in [1.82, 2.24) is 20.2 Å². The molecule has 0 aliphatic heterocycles. The lowest BCUT2D eigenvalue weighted by Gasteiger charge is -2.15. The quantitative estimate of drug-likeness (QED) is 0.362. The third kappa shape index (κ3) is 4.24. The first-order valence-electron chi connectivity index (χ1n) is 10.3. The molecule has 0 fully saturated rings. The Labute approximate surface area is 185 Å². The van der Waals surface area contributed by atoms with E-state index in [1.165, 1.54) is 4.90 Å². The molecule has 4 aromatic rings. The molecule has 4 rings (SSSR count). The van der Waals surface area contributed by atoms with Gasteiger partial charge < -0.3 is 4.90 Å². The summed E-state index contributed by atoms with van der Waals surface area (Å²) in [6.45, 7) is 0. The number of aromatic nitrogens is 2. The number of hydroxylamine groups is 1. The standard InChI is InChI=1S/C25H24N4O3/c1-28(2)25(31)19-13-11-18(12-14-19)21-10-6-9-20-16-29(26-23(20)21)22(24(30)27-32)15-17-7-4-3-5-8-17/h3-14,16,22,32H,15H2,1-2H3,(H,27,30). The first kappa shape index (κ1) is 21.3. The lowest BCUT2D eigenvalue weighted by molar-refractivity contribution is -0.132. The van der Waals surface area contributed by atoms with Gasteiger partial charge in [0.25, 0.3) is 11.8 Å². The second-order valence-electron chi connectivity index (χ2n) is 7.81. The second-order valence-corrected chi connectivity index (χ2v) is 7.81.